The predicted molar refractivity (Wildman–Crippen MR) is 102 cm³/mol. The Hall–Kier alpha value is -2.70. The summed E-state index contributed by atoms with van der Waals surface area (Å²) in [5.74, 6) is 1.08. The van der Waals surface area contributed by atoms with Gasteiger partial charge in [-0.05, 0) is 25.5 Å². The maximum Gasteiger partial charge on any atom is 0.145 e. The second-order valence-electron chi connectivity index (χ2n) is 7.13. The number of rotatable bonds is 0. The fourth-order valence-corrected chi connectivity index (χ4v) is 3.84. The van der Waals surface area contributed by atoms with Crippen LogP contribution in [0.15, 0.2) is 42.1 Å². The van der Waals surface area contributed by atoms with Gasteiger partial charge >= 0.3 is 0 Å². The van der Waals surface area contributed by atoms with Gasteiger partial charge < -0.3 is 15.4 Å². The molecule has 0 saturated carbocycles. The van der Waals surface area contributed by atoms with Crippen molar-refractivity contribution >= 4 is 16.9 Å². The van der Waals surface area contributed by atoms with Gasteiger partial charge in [-0.1, -0.05) is 23.8 Å². The van der Waals surface area contributed by atoms with E-state index >= 15 is 0 Å². The molecule has 2 atom stereocenters. The van der Waals surface area contributed by atoms with Crippen molar-refractivity contribution < 1.29 is 5.11 Å². The molecule has 0 radical (unpaired) electrons. The van der Waals surface area contributed by atoms with E-state index in [9.17, 15) is 5.11 Å². The van der Waals surface area contributed by atoms with Crippen LogP contribution >= 0.6 is 0 Å². The van der Waals surface area contributed by atoms with Gasteiger partial charge in [-0.2, -0.15) is 0 Å². The molecule has 0 fully saturated rings. The largest absolute Gasteiger partial charge is 0.374 e. The Bertz CT molecular complexity index is 1020. The maximum absolute atomic E-state index is 10.4. The number of hydrogen-bond acceptors (Lipinski definition) is 5. The van der Waals surface area contributed by atoms with Crippen LogP contribution in [0.2, 0.25) is 0 Å². The molecular weight excluding hydrogens is 326 g/mol. The molecule has 6 heteroatoms. The molecule has 132 valence electrons. The molecule has 0 spiro atoms. The summed E-state index contributed by atoms with van der Waals surface area (Å²) in [6.07, 6.45) is 4.33. The molecule has 2 aliphatic rings. The Kier molecular flexibility index (Phi) is 3.55. The van der Waals surface area contributed by atoms with E-state index in [1.165, 1.54) is 5.57 Å². The van der Waals surface area contributed by atoms with Gasteiger partial charge in [0.25, 0.3) is 0 Å². The average Bonchev–Trinajstić information content (AvgIpc) is 3.11. The molecule has 4 bridgehead atoms. The van der Waals surface area contributed by atoms with Crippen molar-refractivity contribution in [1.82, 2.24) is 20.3 Å². The molecule has 2 aromatic heterocycles. The Labute approximate surface area is 151 Å². The van der Waals surface area contributed by atoms with E-state index < -0.39 is 6.23 Å². The van der Waals surface area contributed by atoms with E-state index in [0.717, 1.165) is 58.9 Å². The number of fused-ring (bicyclic) bond motifs is 3. The molecule has 26 heavy (non-hydrogen) atoms. The lowest BCUT2D eigenvalue weighted by Crippen LogP contribution is -2.32. The van der Waals surface area contributed by atoms with Crippen LogP contribution in [0.25, 0.3) is 22.3 Å². The molecule has 0 saturated heterocycles. The number of anilines is 1. The minimum Gasteiger partial charge on any atom is -0.374 e. The summed E-state index contributed by atoms with van der Waals surface area (Å²) in [6, 6.07) is 8.06. The topological polar surface area (TPSA) is 85.9 Å². The Morgan fingerprint density at radius 2 is 2.19 bits per heavy atom. The third-order valence-electron chi connectivity index (χ3n) is 5.30. The van der Waals surface area contributed by atoms with Crippen LogP contribution in [0.3, 0.4) is 0 Å². The summed E-state index contributed by atoms with van der Waals surface area (Å²) in [4.78, 5) is 12.9. The molecule has 3 aromatic rings. The van der Waals surface area contributed by atoms with Gasteiger partial charge in [-0.25, -0.2) is 4.98 Å². The molecule has 4 heterocycles. The van der Waals surface area contributed by atoms with Gasteiger partial charge in [0, 0.05) is 41.5 Å². The zero-order valence-electron chi connectivity index (χ0n) is 14.6. The highest BCUT2D eigenvalue weighted by molar-refractivity contribution is 5.91. The number of aliphatic hydroxyl groups is 1. The van der Waals surface area contributed by atoms with Crippen molar-refractivity contribution in [2.45, 2.75) is 25.5 Å². The first kappa shape index (κ1) is 15.5. The quantitative estimate of drug-likeness (QED) is 0.470. The van der Waals surface area contributed by atoms with E-state index in [0.29, 0.717) is 5.92 Å². The molecule has 4 N–H and O–H groups in total. The first-order chi connectivity index (χ1) is 12.7. The second kappa shape index (κ2) is 5.93. The van der Waals surface area contributed by atoms with Crippen molar-refractivity contribution in [3.8, 4) is 11.3 Å². The van der Waals surface area contributed by atoms with Crippen molar-refractivity contribution in [2.24, 2.45) is 0 Å². The predicted octanol–water partition coefficient (Wildman–Crippen LogP) is 3.06. The van der Waals surface area contributed by atoms with E-state index in [1.807, 2.05) is 18.2 Å². The standard InChI is InChI=1S/C20H21N5O/c1-11-5-6-12-9-23-20(26)14-7-16(24-18(12)14)13-3-2-4-15-19(13)25-17(10-21-15)22-8-11/h2-5,7,10,12,20,23-24,26H,6,8-9H2,1H3,(H,22,25). The summed E-state index contributed by atoms with van der Waals surface area (Å²) in [5.41, 5.74) is 7.00. The molecule has 0 aliphatic carbocycles. The van der Waals surface area contributed by atoms with Gasteiger partial charge in [-0.3, -0.25) is 10.3 Å². The number of aliphatic hydroxyl groups excluding tert-OH is 1. The Balaban J connectivity index is 1.77. The summed E-state index contributed by atoms with van der Waals surface area (Å²) in [5, 5.41) is 17.0. The number of nitrogens with one attached hydrogen (secondary N) is 3. The first-order valence-corrected chi connectivity index (χ1v) is 8.99. The lowest BCUT2D eigenvalue weighted by atomic mass is 9.93. The highest BCUT2D eigenvalue weighted by atomic mass is 16.3. The molecule has 6 nitrogen and oxygen atoms in total. The van der Waals surface area contributed by atoms with E-state index in [4.69, 9.17) is 4.98 Å². The van der Waals surface area contributed by atoms with Crippen LogP contribution in [0, 0.1) is 0 Å². The lowest BCUT2D eigenvalue weighted by molar-refractivity contribution is 0.126. The van der Waals surface area contributed by atoms with E-state index in [2.05, 4.69) is 39.7 Å². The monoisotopic (exact) mass is 347 g/mol. The number of allylic oxidation sites excluding steroid dienone is 1. The minimum absolute atomic E-state index is 0.311. The SMILES string of the molecule is CC1=CCC2CNC(O)c3cc([nH]c32)-c2cccc3ncc(nc23)NC1. The number of aromatic amines is 1. The molecule has 5 rings (SSSR count). The number of para-hydroxylation sites is 1. The number of nitrogens with zero attached hydrogens (tertiary/aromatic N) is 2. The zero-order chi connectivity index (χ0) is 17.7. The van der Waals surface area contributed by atoms with Crippen LogP contribution in [-0.2, 0) is 0 Å². The minimum atomic E-state index is -0.637. The van der Waals surface area contributed by atoms with Crippen molar-refractivity contribution in [3.05, 3.63) is 53.4 Å². The zero-order valence-corrected chi connectivity index (χ0v) is 14.6. The van der Waals surface area contributed by atoms with Gasteiger partial charge in [0.1, 0.15) is 17.6 Å². The van der Waals surface area contributed by atoms with Gasteiger partial charge in [-0.15, -0.1) is 0 Å². The average molecular weight is 347 g/mol. The highest BCUT2D eigenvalue weighted by Gasteiger charge is 2.28. The van der Waals surface area contributed by atoms with Crippen LogP contribution in [-0.4, -0.2) is 33.1 Å². The van der Waals surface area contributed by atoms with Crippen LogP contribution in [0.1, 0.15) is 36.7 Å². The number of benzene rings is 1. The molecular formula is C20H21N5O. The third kappa shape index (κ3) is 2.50. The van der Waals surface area contributed by atoms with Crippen molar-refractivity contribution in [2.75, 3.05) is 18.4 Å². The van der Waals surface area contributed by atoms with Gasteiger partial charge in [0.2, 0.25) is 0 Å². The number of H-pyrrole nitrogens is 1. The molecule has 2 unspecified atom stereocenters. The maximum atomic E-state index is 10.4. The fraction of sp³-hybridized carbons (Fsp3) is 0.300. The summed E-state index contributed by atoms with van der Waals surface area (Å²) < 4.78 is 0. The van der Waals surface area contributed by atoms with Crippen LogP contribution in [0.5, 0.6) is 0 Å². The first-order valence-electron chi connectivity index (χ1n) is 8.99. The van der Waals surface area contributed by atoms with E-state index in [-0.39, 0.29) is 0 Å². The van der Waals surface area contributed by atoms with Crippen molar-refractivity contribution in [3.63, 3.8) is 0 Å². The third-order valence-corrected chi connectivity index (χ3v) is 5.30. The van der Waals surface area contributed by atoms with E-state index in [1.54, 1.807) is 6.20 Å². The highest BCUT2D eigenvalue weighted by Crippen LogP contribution is 2.36. The second-order valence-corrected chi connectivity index (χ2v) is 7.13. The van der Waals surface area contributed by atoms with Gasteiger partial charge in [0.15, 0.2) is 0 Å². The Morgan fingerprint density at radius 1 is 1.27 bits per heavy atom. The summed E-state index contributed by atoms with van der Waals surface area (Å²) in [7, 11) is 0. The Morgan fingerprint density at radius 3 is 3.12 bits per heavy atom. The fourth-order valence-electron chi connectivity index (χ4n) is 3.84. The number of aromatic nitrogens is 3. The number of hydrogen-bond donors (Lipinski definition) is 4. The summed E-state index contributed by atoms with van der Waals surface area (Å²) >= 11 is 0. The van der Waals surface area contributed by atoms with Crippen LogP contribution in [0.4, 0.5) is 5.82 Å². The summed E-state index contributed by atoms with van der Waals surface area (Å²) in [6.45, 7) is 3.62. The molecule has 1 aromatic carbocycles. The smallest absolute Gasteiger partial charge is 0.145 e. The van der Waals surface area contributed by atoms with Gasteiger partial charge in [0.05, 0.1) is 11.7 Å². The molecule has 0 amide bonds. The van der Waals surface area contributed by atoms with Crippen molar-refractivity contribution in [1.29, 1.82) is 0 Å². The van der Waals surface area contributed by atoms with Crippen LogP contribution < -0.4 is 10.6 Å². The normalized spacial score (nSPS) is 22.2. The molecule has 2 aliphatic heterocycles. The lowest BCUT2D eigenvalue weighted by Gasteiger charge is -2.26.